The highest BCUT2D eigenvalue weighted by Crippen LogP contribution is 2.29. The Morgan fingerprint density at radius 1 is 1.04 bits per heavy atom. The Morgan fingerprint density at radius 2 is 1.63 bits per heavy atom. The molecule has 0 saturated carbocycles. The number of carbonyl (C=O) groups excluding carboxylic acids is 1. The van der Waals surface area contributed by atoms with E-state index in [0.29, 0.717) is 5.69 Å². The minimum atomic E-state index is -3.48. The van der Waals surface area contributed by atoms with Gasteiger partial charge in [0.15, 0.2) is 0 Å². The standard InChI is InChI=1S/C21H28N2O3S/c1-16-10-12-17(13-11-16)23(27(5,25)26)15-14-20(24)22-19-9-7-6-8-18(19)21(2,3)4/h6-13H,14-15H2,1-5H3,(H,22,24). The van der Waals surface area contributed by atoms with Gasteiger partial charge in [-0.05, 0) is 36.1 Å². The normalized spacial score (nSPS) is 11.9. The summed E-state index contributed by atoms with van der Waals surface area (Å²) in [4.78, 5) is 12.5. The molecule has 0 heterocycles. The van der Waals surface area contributed by atoms with Crippen molar-refractivity contribution >= 4 is 27.3 Å². The van der Waals surface area contributed by atoms with Gasteiger partial charge in [0.2, 0.25) is 15.9 Å². The van der Waals surface area contributed by atoms with E-state index in [0.717, 1.165) is 23.1 Å². The third-order valence-corrected chi connectivity index (χ3v) is 5.47. The van der Waals surface area contributed by atoms with Crippen LogP contribution in [-0.4, -0.2) is 27.1 Å². The van der Waals surface area contributed by atoms with Gasteiger partial charge in [0, 0.05) is 18.7 Å². The maximum Gasteiger partial charge on any atom is 0.232 e. The number of carbonyl (C=O) groups is 1. The predicted molar refractivity (Wildman–Crippen MR) is 112 cm³/mol. The van der Waals surface area contributed by atoms with E-state index in [1.54, 1.807) is 12.1 Å². The predicted octanol–water partition coefficient (Wildman–Crippen LogP) is 4.09. The zero-order chi connectivity index (χ0) is 20.2. The third-order valence-electron chi connectivity index (χ3n) is 4.27. The number of aryl methyl sites for hydroxylation is 1. The summed E-state index contributed by atoms with van der Waals surface area (Å²) in [6, 6.07) is 14.9. The maximum absolute atomic E-state index is 12.5. The molecule has 0 saturated heterocycles. The Labute approximate surface area is 162 Å². The fourth-order valence-corrected chi connectivity index (χ4v) is 3.79. The second-order valence-corrected chi connectivity index (χ2v) is 9.67. The van der Waals surface area contributed by atoms with Crippen molar-refractivity contribution in [3.63, 3.8) is 0 Å². The molecule has 0 fully saturated rings. The van der Waals surface area contributed by atoms with Crippen LogP contribution in [0.2, 0.25) is 0 Å². The molecule has 0 aliphatic heterocycles. The van der Waals surface area contributed by atoms with Gasteiger partial charge in [0.25, 0.3) is 0 Å². The molecule has 1 N–H and O–H groups in total. The van der Waals surface area contributed by atoms with Crippen molar-refractivity contribution in [1.82, 2.24) is 0 Å². The van der Waals surface area contributed by atoms with Crippen LogP contribution in [0.4, 0.5) is 11.4 Å². The molecule has 0 spiro atoms. The average molecular weight is 389 g/mol. The summed E-state index contributed by atoms with van der Waals surface area (Å²) in [6.07, 6.45) is 1.22. The van der Waals surface area contributed by atoms with E-state index in [9.17, 15) is 13.2 Å². The van der Waals surface area contributed by atoms with Gasteiger partial charge in [-0.3, -0.25) is 9.10 Å². The molecule has 0 aliphatic rings. The molecule has 2 rings (SSSR count). The van der Waals surface area contributed by atoms with E-state index >= 15 is 0 Å². The quantitative estimate of drug-likeness (QED) is 0.811. The van der Waals surface area contributed by atoms with Crippen LogP contribution in [0, 0.1) is 6.92 Å². The van der Waals surface area contributed by atoms with Crippen molar-refractivity contribution in [2.75, 3.05) is 22.4 Å². The van der Waals surface area contributed by atoms with Crippen molar-refractivity contribution in [2.45, 2.75) is 39.5 Å². The zero-order valence-electron chi connectivity index (χ0n) is 16.6. The van der Waals surface area contributed by atoms with Gasteiger partial charge < -0.3 is 5.32 Å². The first-order chi connectivity index (χ1) is 12.5. The molecule has 2 aromatic rings. The lowest BCUT2D eigenvalue weighted by Gasteiger charge is -2.24. The molecule has 0 radical (unpaired) electrons. The van der Waals surface area contributed by atoms with E-state index in [1.807, 2.05) is 43.3 Å². The highest BCUT2D eigenvalue weighted by atomic mass is 32.2. The van der Waals surface area contributed by atoms with Crippen LogP contribution in [0.1, 0.15) is 38.3 Å². The van der Waals surface area contributed by atoms with Crippen LogP contribution in [0.3, 0.4) is 0 Å². The molecule has 2 aromatic carbocycles. The Morgan fingerprint density at radius 3 is 2.19 bits per heavy atom. The van der Waals surface area contributed by atoms with Gasteiger partial charge in [-0.25, -0.2) is 8.42 Å². The van der Waals surface area contributed by atoms with Crippen molar-refractivity contribution in [3.05, 3.63) is 59.7 Å². The largest absolute Gasteiger partial charge is 0.326 e. The second-order valence-electron chi connectivity index (χ2n) is 7.76. The first-order valence-electron chi connectivity index (χ1n) is 8.92. The van der Waals surface area contributed by atoms with Crippen LogP contribution in [0.25, 0.3) is 0 Å². The number of hydrogen-bond acceptors (Lipinski definition) is 3. The highest BCUT2D eigenvalue weighted by molar-refractivity contribution is 7.92. The molecule has 0 bridgehead atoms. The Bertz CT molecular complexity index is 898. The summed E-state index contributed by atoms with van der Waals surface area (Å²) >= 11 is 0. The Hall–Kier alpha value is -2.34. The topological polar surface area (TPSA) is 66.5 Å². The molecule has 6 heteroatoms. The number of hydrogen-bond donors (Lipinski definition) is 1. The van der Waals surface area contributed by atoms with Crippen LogP contribution in [0.15, 0.2) is 48.5 Å². The third kappa shape index (κ3) is 5.82. The first kappa shape index (κ1) is 21.0. The number of benzene rings is 2. The lowest BCUT2D eigenvalue weighted by molar-refractivity contribution is -0.116. The van der Waals surface area contributed by atoms with E-state index < -0.39 is 10.0 Å². The first-order valence-corrected chi connectivity index (χ1v) is 10.8. The van der Waals surface area contributed by atoms with Gasteiger partial charge in [-0.15, -0.1) is 0 Å². The number of sulfonamides is 1. The molecule has 0 atom stereocenters. The average Bonchev–Trinajstić information content (AvgIpc) is 2.55. The van der Waals surface area contributed by atoms with Crippen LogP contribution in [0.5, 0.6) is 0 Å². The van der Waals surface area contributed by atoms with Crippen molar-refractivity contribution in [3.8, 4) is 0 Å². The van der Waals surface area contributed by atoms with E-state index in [2.05, 4.69) is 26.1 Å². The Balaban J connectivity index is 2.12. The number of para-hydroxylation sites is 1. The van der Waals surface area contributed by atoms with Gasteiger partial charge in [0.05, 0.1) is 11.9 Å². The molecular weight excluding hydrogens is 360 g/mol. The van der Waals surface area contributed by atoms with Gasteiger partial charge in [-0.2, -0.15) is 0 Å². The lowest BCUT2D eigenvalue weighted by Crippen LogP contribution is -2.33. The van der Waals surface area contributed by atoms with Gasteiger partial charge in [0.1, 0.15) is 0 Å². The van der Waals surface area contributed by atoms with Gasteiger partial charge >= 0.3 is 0 Å². The molecule has 0 unspecified atom stereocenters. The summed E-state index contributed by atoms with van der Waals surface area (Å²) in [6.45, 7) is 8.28. The van der Waals surface area contributed by atoms with E-state index in [4.69, 9.17) is 0 Å². The smallest absolute Gasteiger partial charge is 0.232 e. The molecule has 1 amide bonds. The molecule has 0 aliphatic carbocycles. The van der Waals surface area contributed by atoms with E-state index in [1.165, 1.54) is 4.31 Å². The van der Waals surface area contributed by atoms with Crippen molar-refractivity contribution < 1.29 is 13.2 Å². The lowest BCUT2D eigenvalue weighted by atomic mass is 9.86. The Kier molecular flexibility index (Phi) is 6.31. The van der Waals surface area contributed by atoms with Gasteiger partial charge in [-0.1, -0.05) is 56.7 Å². The summed E-state index contributed by atoms with van der Waals surface area (Å²) in [5.74, 6) is -0.215. The molecular formula is C21H28N2O3S. The molecule has 146 valence electrons. The fraction of sp³-hybridized carbons (Fsp3) is 0.381. The molecule has 0 aromatic heterocycles. The summed E-state index contributed by atoms with van der Waals surface area (Å²) in [5, 5.41) is 2.92. The van der Waals surface area contributed by atoms with Crippen molar-refractivity contribution in [2.24, 2.45) is 0 Å². The van der Waals surface area contributed by atoms with Crippen LogP contribution >= 0.6 is 0 Å². The number of nitrogens with one attached hydrogen (secondary N) is 1. The SMILES string of the molecule is Cc1ccc(N(CCC(=O)Nc2ccccc2C(C)(C)C)S(C)(=O)=O)cc1. The number of amides is 1. The van der Waals surface area contributed by atoms with Crippen LogP contribution < -0.4 is 9.62 Å². The summed E-state index contributed by atoms with van der Waals surface area (Å²) in [7, 11) is -3.48. The van der Waals surface area contributed by atoms with Crippen molar-refractivity contribution in [1.29, 1.82) is 0 Å². The summed E-state index contributed by atoms with van der Waals surface area (Å²) in [5.41, 5.74) is 3.30. The number of anilines is 2. The number of rotatable bonds is 6. The highest BCUT2D eigenvalue weighted by Gasteiger charge is 2.21. The summed E-state index contributed by atoms with van der Waals surface area (Å²) < 4.78 is 25.6. The minimum Gasteiger partial charge on any atom is -0.326 e. The molecule has 5 nitrogen and oxygen atoms in total. The zero-order valence-corrected chi connectivity index (χ0v) is 17.4. The van der Waals surface area contributed by atoms with E-state index in [-0.39, 0.29) is 24.3 Å². The minimum absolute atomic E-state index is 0.0689. The number of nitrogens with zero attached hydrogens (tertiary/aromatic N) is 1. The maximum atomic E-state index is 12.5. The fourth-order valence-electron chi connectivity index (χ4n) is 2.86. The second kappa shape index (κ2) is 8.13. The monoisotopic (exact) mass is 388 g/mol. The van der Waals surface area contributed by atoms with Crippen LogP contribution in [-0.2, 0) is 20.2 Å². The molecule has 27 heavy (non-hydrogen) atoms.